The van der Waals surface area contributed by atoms with Crippen LogP contribution in [0.2, 0.25) is 5.02 Å². The molecule has 1 amide bonds. The second kappa shape index (κ2) is 8.18. The van der Waals surface area contributed by atoms with E-state index in [1.807, 2.05) is 72.8 Å². The van der Waals surface area contributed by atoms with Crippen LogP contribution >= 0.6 is 11.6 Å². The second-order valence-electron chi connectivity index (χ2n) is 5.37. The molecule has 0 fully saturated rings. The van der Waals surface area contributed by atoms with Gasteiger partial charge in [-0.2, -0.15) is 0 Å². The molecule has 0 unspecified atom stereocenters. The largest absolute Gasteiger partial charge is 0.268 e. The summed E-state index contributed by atoms with van der Waals surface area (Å²) in [6, 6.07) is 26.7. The Morgan fingerprint density at radius 1 is 0.800 bits per heavy atom. The molecule has 0 bridgehead atoms. The Morgan fingerprint density at radius 2 is 1.32 bits per heavy atom. The number of anilines is 2. The topological polar surface area (TPSA) is 32.3 Å². The summed E-state index contributed by atoms with van der Waals surface area (Å²) in [5.74, 6) is -0.220. The van der Waals surface area contributed by atoms with Gasteiger partial charge in [-0.15, -0.1) is 0 Å². The van der Waals surface area contributed by atoms with Crippen molar-refractivity contribution in [3.63, 3.8) is 0 Å². The third-order valence-electron chi connectivity index (χ3n) is 3.55. The SMILES string of the molecule is O=C(/C=C/c1ccc(Cl)cc1)NN(c1ccccc1)c1ccccc1. The number of amides is 1. The fourth-order valence-electron chi connectivity index (χ4n) is 2.33. The van der Waals surface area contributed by atoms with Crippen molar-refractivity contribution in [3.8, 4) is 0 Å². The van der Waals surface area contributed by atoms with Gasteiger partial charge in [0, 0.05) is 11.1 Å². The Hall–Kier alpha value is -3.04. The Balaban J connectivity index is 1.78. The zero-order valence-corrected chi connectivity index (χ0v) is 14.2. The van der Waals surface area contributed by atoms with E-state index in [9.17, 15) is 4.79 Å². The van der Waals surface area contributed by atoms with Crippen LogP contribution in [0.3, 0.4) is 0 Å². The predicted molar refractivity (Wildman–Crippen MR) is 104 cm³/mol. The second-order valence-corrected chi connectivity index (χ2v) is 5.80. The number of hydrogen-bond acceptors (Lipinski definition) is 2. The summed E-state index contributed by atoms with van der Waals surface area (Å²) in [6.45, 7) is 0. The van der Waals surface area contributed by atoms with Gasteiger partial charge in [-0.3, -0.25) is 15.2 Å². The molecule has 124 valence electrons. The van der Waals surface area contributed by atoms with Crippen LogP contribution in [0.1, 0.15) is 5.56 Å². The summed E-state index contributed by atoms with van der Waals surface area (Å²) in [5, 5.41) is 2.43. The molecule has 3 rings (SSSR count). The number of hydrogen-bond donors (Lipinski definition) is 1. The molecule has 0 heterocycles. The van der Waals surface area contributed by atoms with Crippen LogP contribution in [0.25, 0.3) is 6.08 Å². The van der Waals surface area contributed by atoms with Crippen LogP contribution in [0, 0.1) is 0 Å². The van der Waals surface area contributed by atoms with Crippen molar-refractivity contribution >= 4 is 35.0 Å². The van der Waals surface area contributed by atoms with Gasteiger partial charge in [-0.25, -0.2) is 0 Å². The van der Waals surface area contributed by atoms with Crippen LogP contribution in [-0.2, 0) is 4.79 Å². The molecular formula is C21H17ClN2O. The van der Waals surface area contributed by atoms with Crippen LogP contribution in [-0.4, -0.2) is 5.91 Å². The minimum absolute atomic E-state index is 0.220. The van der Waals surface area contributed by atoms with E-state index in [4.69, 9.17) is 11.6 Å². The molecule has 0 saturated heterocycles. The minimum Gasteiger partial charge on any atom is -0.268 e. The molecule has 0 aliphatic rings. The maximum atomic E-state index is 12.4. The number of benzene rings is 3. The number of halogens is 1. The third-order valence-corrected chi connectivity index (χ3v) is 3.80. The number of nitrogens with one attached hydrogen (secondary N) is 1. The van der Waals surface area contributed by atoms with Gasteiger partial charge < -0.3 is 0 Å². The first-order valence-corrected chi connectivity index (χ1v) is 8.25. The summed E-state index contributed by atoms with van der Waals surface area (Å²) in [5.41, 5.74) is 5.57. The van der Waals surface area contributed by atoms with Gasteiger partial charge in [-0.05, 0) is 48.0 Å². The summed E-state index contributed by atoms with van der Waals surface area (Å²) >= 11 is 5.87. The Kier molecular flexibility index (Phi) is 5.50. The van der Waals surface area contributed by atoms with E-state index in [-0.39, 0.29) is 5.91 Å². The first-order valence-electron chi connectivity index (χ1n) is 7.87. The van der Waals surface area contributed by atoms with Gasteiger partial charge in [0.1, 0.15) is 0 Å². The molecule has 3 nitrogen and oxygen atoms in total. The van der Waals surface area contributed by atoms with E-state index in [0.717, 1.165) is 16.9 Å². The van der Waals surface area contributed by atoms with Crippen molar-refractivity contribution in [1.29, 1.82) is 0 Å². The molecule has 0 aliphatic carbocycles. The highest BCUT2D eigenvalue weighted by atomic mass is 35.5. The lowest BCUT2D eigenvalue weighted by atomic mass is 10.2. The number of hydrazine groups is 1. The predicted octanol–water partition coefficient (Wildman–Crippen LogP) is 5.22. The van der Waals surface area contributed by atoms with Crippen LogP contribution < -0.4 is 10.4 Å². The van der Waals surface area contributed by atoms with Crippen LogP contribution in [0.15, 0.2) is 91.0 Å². The van der Waals surface area contributed by atoms with Gasteiger partial charge in [0.25, 0.3) is 5.91 Å². The number of carbonyl (C=O) groups excluding carboxylic acids is 1. The zero-order valence-electron chi connectivity index (χ0n) is 13.5. The van der Waals surface area contributed by atoms with E-state index in [1.165, 1.54) is 6.08 Å². The van der Waals surface area contributed by atoms with E-state index in [0.29, 0.717) is 5.02 Å². The van der Waals surface area contributed by atoms with Crippen LogP contribution in [0.5, 0.6) is 0 Å². The fourth-order valence-corrected chi connectivity index (χ4v) is 2.45. The molecule has 0 saturated carbocycles. The lowest BCUT2D eigenvalue weighted by molar-refractivity contribution is -0.116. The molecule has 0 spiro atoms. The lowest BCUT2D eigenvalue weighted by Crippen LogP contribution is -2.37. The van der Waals surface area contributed by atoms with Crippen molar-refractivity contribution in [2.75, 3.05) is 5.01 Å². The number of rotatable bonds is 5. The van der Waals surface area contributed by atoms with Gasteiger partial charge in [0.15, 0.2) is 0 Å². The summed E-state index contributed by atoms with van der Waals surface area (Å²) in [6.07, 6.45) is 3.25. The van der Waals surface area contributed by atoms with Crippen molar-refractivity contribution in [2.24, 2.45) is 0 Å². The molecule has 0 atom stereocenters. The fraction of sp³-hybridized carbons (Fsp3) is 0. The van der Waals surface area contributed by atoms with Crippen molar-refractivity contribution in [2.45, 2.75) is 0 Å². The molecule has 1 N–H and O–H groups in total. The molecular weight excluding hydrogens is 332 g/mol. The quantitative estimate of drug-likeness (QED) is 0.506. The van der Waals surface area contributed by atoms with Gasteiger partial charge in [0.05, 0.1) is 11.4 Å². The highest BCUT2D eigenvalue weighted by molar-refractivity contribution is 6.30. The highest BCUT2D eigenvalue weighted by Crippen LogP contribution is 2.22. The first-order chi connectivity index (χ1) is 12.2. The van der Waals surface area contributed by atoms with E-state index < -0.39 is 0 Å². The third kappa shape index (κ3) is 4.72. The molecule has 0 aliphatic heterocycles. The van der Waals surface area contributed by atoms with E-state index in [2.05, 4.69) is 5.43 Å². The zero-order chi connectivity index (χ0) is 17.5. The van der Waals surface area contributed by atoms with Crippen molar-refractivity contribution in [1.82, 2.24) is 5.43 Å². The molecule has 25 heavy (non-hydrogen) atoms. The lowest BCUT2D eigenvalue weighted by Gasteiger charge is -2.24. The van der Waals surface area contributed by atoms with Crippen molar-refractivity contribution in [3.05, 3.63) is 102 Å². The maximum absolute atomic E-state index is 12.4. The maximum Gasteiger partial charge on any atom is 0.262 e. The average molecular weight is 349 g/mol. The average Bonchev–Trinajstić information content (AvgIpc) is 2.67. The smallest absolute Gasteiger partial charge is 0.262 e. The Bertz CT molecular complexity index is 807. The monoisotopic (exact) mass is 348 g/mol. The van der Waals surface area contributed by atoms with E-state index >= 15 is 0 Å². The molecule has 0 radical (unpaired) electrons. The molecule has 3 aromatic carbocycles. The van der Waals surface area contributed by atoms with Crippen molar-refractivity contribution < 1.29 is 4.79 Å². The minimum atomic E-state index is -0.220. The Labute approximate surface area is 152 Å². The standard InChI is InChI=1S/C21H17ClN2O/c22-18-14-11-17(12-15-18)13-16-21(25)23-24(19-7-3-1-4-8-19)20-9-5-2-6-10-20/h1-16H,(H,23,25)/b16-13+. The summed E-state index contributed by atoms with van der Waals surface area (Å²) in [4.78, 5) is 12.4. The highest BCUT2D eigenvalue weighted by Gasteiger charge is 2.10. The van der Waals surface area contributed by atoms with Gasteiger partial charge in [-0.1, -0.05) is 60.1 Å². The first kappa shape index (κ1) is 16.8. The summed E-state index contributed by atoms with van der Waals surface area (Å²) in [7, 11) is 0. The summed E-state index contributed by atoms with van der Waals surface area (Å²) < 4.78 is 0. The molecule has 0 aromatic heterocycles. The van der Waals surface area contributed by atoms with E-state index in [1.54, 1.807) is 23.2 Å². The molecule has 4 heteroatoms. The number of carbonyl (C=O) groups is 1. The molecule has 3 aromatic rings. The van der Waals surface area contributed by atoms with Gasteiger partial charge in [0.2, 0.25) is 0 Å². The van der Waals surface area contributed by atoms with Gasteiger partial charge >= 0.3 is 0 Å². The number of nitrogens with zero attached hydrogens (tertiary/aromatic N) is 1. The Morgan fingerprint density at radius 3 is 1.84 bits per heavy atom. The van der Waals surface area contributed by atoms with Crippen LogP contribution in [0.4, 0.5) is 11.4 Å². The number of para-hydroxylation sites is 2. The normalized spacial score (nSPS) is 10.6.